The Morgan fingerprint density at radius 2 is 1.88 bits per heavy atom. The number of rotatable bonds is 5. The van der Waals surface area contributed by atoms with Gasteiger partial charge in [0.1, 0.15) is 10.6 Å². The van der Waals surface area contributed by atoms with Crippen LogP contribution in [0.4, 0.5) is 5.82 Å². The molecule has 0 aliphatic heterocycles. The van der Waals surface area contributed by atoms with E-state index in [0.717, 1.165) is 5.56 Å². The van der Waals surface area contributed by atoms with Gasteiger partial charge in [0.15, 0.2) is 5.82 Å². The number of anilines is 1. The fourth-order valence-corrected chi connectivity index (χ4v) is 2.86. The molecule has 0 aliphatic rings. The van der Waals surface area contributed by atoms with E-state index in [0.29, 0.717) is 21.6 Å². The molecule has 0 saturated heterocycles. The first kappa shape index (κ1) is 18.8. The van der Waals surface area contributed by atoms with Gasteiger partial charge in [-0.1, -0.05) is 53.0 Å². The van der Waals surface area contributed by atoms with Crippen molar-refractivity contribution in [2.45, 2.75) is 25.9 Å². The number of carbonyl (C=O) groups is 1. The molecule has 0 unspecified atom stereocenters. The third-order valence-electron chi connectivity index (χ3n) is 3.92. The van der Waals surface area contributed by atoms with E-state index in [1.54, 1.807) is 30.9 Å². The van der Waals surface area contributed by atoms with Gasteiger partial charge in [-0.25, -0.2) is 0 Å². The molecule has 0 aliphatic carbocycles. The maximum Gasteiger partial charge on any atom is 0.253 e. The predicted molar refractivity (Wildman–Crippen MR) is 103 cm³/mol. The Labute approximate surface area is 165 Å². The van der Waals surface area contributed by atoms with Gasteiger partial charge < -0.3 is 5.32 Å². The van der Waals surface area contributed by atoms with Crippen LogP contribution in [0.5, 0.6) is 0 Å². The third-order valence-corrected chi connectivity index (χ3v) is 4.76. The second-order valence-electron chi connectivity index (χ2n) is 6.23. The summed E-state index contributed by atoms with van der Waals surface area (Å²) in [7, 11) is 0. The second-order valence-corrected chi connectivity index (χ2v) is 7.48. The van der Waals surface area contributed by atoms with Crippen LogP contribution < -0.4 is 5.32 Å². The van der Waals surface area contributed by atoms with E-state index >= 15 is 0 Å². The molecule has 3 aromatic rings. The fraction of sp³-hybridized carbons (Fsp3) is 0.235. The molecule has 1 amide bonds. The quantitative estimate of drug-likeness (QED) is 0.673. The molecule has 0 saturated carbocycles. The maximum atomic E-state index is 12.7. The number of hydrogen-bond donors (Lipinski definition) is 1. The molecule has 3 rings (SSSR count). The molecule has 9 heteroatoms. The van der Waals surface area contributed by atoms with Crippen molar-refractivity contribution in [3.63, 3.8) is 0 Å². The van der Waals surface area contributed by atoms with Gasteiger partial charge in [-0.2, -0.15) is 10.2 Å². The average Bonchev–Trinajstić information content (AvgIpc) is 3.16. The SMILES string of the molecule is CC(C)(C(=O)Nc1nn(Cc2ccccc2Cl)cc1Cl)n1cc(Cl)cn1. The van der Waals surface area contributed by atoms with E-state index in [1.165, 1.54) is 10.9 Å². The molecule has 1 N–H and O–H groups in total. The number of hydrogen-bond acceptors (Lipinski definition) is 3. The molecule has 0 bridgehead atoms. The zero-order valence-electron chi connectivity index (χ0n) is 14.1. The van der Waals surface area contributed by atoms with Crippen LogP contribution in [-0.2, 0) is 16.9 Å². The largest absolute Gasteiger partial charge is 0.306 e. The summed E-state index contributed by atoms with van der Waals surface area (Å²) in [5.41, 5.74) is -0.0686. The zero-order chi connectivity index (χ0) is 18.9. The van der Waals surface area contributed by atoms with Crippen LogP contribution in [0.15, 0.2) is 42.9 Å². The van der Waals surface area contributed by atoms with Crippen molar-refractivity contribution in [2.75, 3.05) is 5.32 Å². The minimum absolute atomic E-state index is 0.273. The molecule has 0 atom stereocenters. The zero-order valence-corrected chi connectivity index (χ0v) is 16.3. The molecule has 1 aromatic carbocycles. The predicted octanol–water partition coefficient (Wildman–Crippen LogP) is 4.46. The van der Waals surface area contributed by atoms with E-state index in [4.69, 9.17) is 34.8 Å². The highest BCUT2D eigenvalue weighted by atomic mass is 35.5. The van der Waals surface area contributed by atoms with E-state index in [2.05, 4.69) is 15.5 Å². The van der Waals surface area contributed by atoms with Crippen molar-refractivity contribution >= 4 is 46.5 Å². The van der Waals surface area contributed by atoms with E-state index in [9.17, 15) is 4.79 Å². The lowest BCUT2D eigenvalue weighted by molar-refractivity contribution is -0.123. The van der Waals surface area contributed by atoms with Crippen LogP contribution in [0.2, 0.25) is 15.1 Å². The van der Waals surface area contributed by atoms with Gasteiger partial charge in [0.2, 0.25) is 0 Å². The highest BCUT2D eigenvalue weighted by Crippen LogP contribution is 2.25. The van der Waals surface area contributed by atoms with E-state index in [-0.39, 0.29) is 11.7 Å². The standard InChI is InChI=1S/C17H16Cl3N5O/c1-17(2,25-9-12(18)7-21-25)16(26)22-15-14(20)10-24(23-15)8-11-5-3-4-6-13(11)19/h3-7,9-10H,8H2,1-2H3,(H,22,23,26). The lowest BCUT2D eigenvalue weighted by atomic mass is 10.1. The van der Waals surface area contributed by atoms with Crippen molar-refractivity contribution in [2.24, 2.45) is 0 Å². The molecule has 0 radical (unpaired) electrons. The van der Waals surface area contributed by atoms with Gasteiger partial charge in [0, 0.05) is 17.4 Å². The van der Waals surface area contributed by atoms with Crippen molar-refractivity contribution in [1.29, 1.82) is 0 Å². The van der Waals surface area contributed by atoms with Crippen molar-refractivity contribution in [3.8, 4) is 0 Å². The molecule has 26 heavy (non-hydrogen) atoms. The summed E-state index contributed by atoms with van der Waals surface area (Å²) in [6, 6.07) is 7.47. The Bertz CT molecular complexity index is 948. The summed E-state index contributed by atoms with van der Waals surface area (Å²) in [5, 5.41) is 12.6. The summed E-state index contributed by atoms with van der Waals surface area (Å²) < 4.78 is 3.11. The number of nitrogens with one attached hydrogen (secondary N) is 1. The molecular formula is C17H16Cl3N5O. The molecule has 0 spiro atoms. The maximum absolute atomic E-state index is 12.7. The highest BCUT2D eigenvalue weighted by Gasteiger charge is 2.31. The lowest BCUT2D eigenvalue weighted by Crippen LogP contribution is -2.40. The number of benzene rings is 1. The molecule has 6 nitrogen and oxygen atoms in total. The minimum Gasteiger partial charge on any atom is -0.306 e. The first-order valence-corrected chi connectivity index (χ1v) is 8.89. The third kappa shape index (κ3) is 3.87. The van der Waals surface area contributed by atoms with Gasteiger partial charge >= 0.3 is 0 Å². The number of nitrogens with zero attached hydrogens (tertiary/aromatic N) is 4. The minimum atomic E-state index is -0.969. The normalized spacial score (nSPS) is 11.6. The smallest absolute Gasteiger partial charge is 0.253 e. The Kier molecular flexibility index (Phi) is 5.27. The topological polar surface area (TPSA) is 64.7 Å². The monoisotopic (exact) mass is 411 g/mol. The summed E-state index contributed by atoms with van der Waals surface area (Å²) in [5.74, 6) is -0.0443. The summed E-state index contributed by atoms with van der Waals surface area (Å²) in [6.07, 6.45) is 4.69. The highest BCUT2D eigenvalue weighted by molar-refractivity contribution is 6.33. The Balaban J connectivity index is 1.77. The Morgan fingerprint density at radius 1 is 1.15 bits per heavy atom. The fourth-order valence-electron chi connectivity index (χ4n) is 2.33. The number of amides is 1. The van der Waals surface area contributed by atoms with Crippen molar-refractivity contribution < 1.29 is 4.79 Å². The molecule has 2 aromatic heterocycles. The number of halogens is 3. The Morgan fingerprint density at radius 3 is 2.54 bits per heavy atom. The average molecular weight is 413 g/mol. The summed E-state index contributed by atoms with van der Waals surface area (Å²) in [6.45, 7) is 3.88. The summed E-state index contributed by atoms with van der Waals surface area (Å²) >= 11 is 18.3. The van der Waals surface area contributed by atoms with Crippen LogP contribution in [-0.4, -0.2) is 25.5 Å². The van der Waals surface area contributed by atoms with Gasteiger partial charge in [-0.15, -0.1) is 0 Å². The lowest BCUT2D eigenvalue weighted by Gasteiger charge is -2.23. The number of aromatic nitrogens is 4. The molecule has 136 valence electrons. The van der Waals surface area contributed by atoms with Crippen LogP contribution in [0.1, 0.15) is 19.4 Å². The van der Waals surface area contributed by atoms with Gasteiger partial charge in [-0.3, -0.25) is 14.2 Å². The van der Waals surface area contributed by atoms with Gasteiger partial charge in [0.25, 0.3) is 5.91 Å². The van der Waals surface area contributed by atoms with E-state index in [1.807, 2.05) is 24.3 Å². The van der Waals surface area contributed by atoms with Gasteiger partial charge in [-0.05, 0) is 25.5 Å². The summed E-state index contributed by atoms with van der Waals surface area (Å²) in [4.78, 5) is 12.7. The first-order chi connectivity index (χ1) is 12.3. The van der Waals surface area contributed by atoms with Crippen molar-refractivity contribution in [1.82, 2.24) is 19.6 Å². The first-order valence-electron chi connectivity index (χ1n) is 7.76. The van der Waals surface area contributed by atoms with Crippen molar-refractivity contribution in [3.05, 3.63) is 63.5 Å². The van der Waals surface area contributed by atoms with Gasteiger partial charge in [0.05, 0.1) is 17.8 Å². The molecule has 2 heterocycles. The number of carbonyl (C=O) groups excluding carboxylic acids is 1. The second kappa shape index (κ2) is 7.31. The Hall–Kier alpha value is -2.02. The van der Waals surface area contributed by atoms with Crippen LogP contribution in [0.25, 0.3) is 0 Å². The molecule has 0 fully saturated rings. The van der Waals surface area contributed by atoms with Crippen LogP contribution in [0.3, 0.4) is 0 Å². The molecular weight excluding hydrogens is 397 g/mol. The van der Waals surface area contributed by atoms with Crippen LogP contribution in [0, 0.1) is 0 Å². The van der Waals surface area contributed by atoms with Crippen LogP contribution >= 0.6 is 34.8 Å². The van der Waals surface area contributed by atoms with E-state index < -0.39 is 5.54 Å².